The molecular formula is C25H24N4O2. The Labute approximate surface area is 181 Å². The number of nitriles is 1. The molecule has 0 atom stereocenters. The van der Waals surface area contributed by atoms with Crippen molar-refractivity contribution in [3.05, 3.63) is 76.4 Å². The van der Waals surface area contributed by atoms with E-state index in [0.29, 0.717) is 28.2 Å². The van der Waals surface area contributed by atoms with Gasteiger partial charge in [-0.3, -0.25) is 9.59 Å². The van der Waals surface area contributed by atoms with E-state index in [1.807, 2.05) is 49.4 Å². The number of amides is 2. The number of hydrogen-bond donors (Lipinski definition) is 2. The minimum atomic E-state index is -0.408. The van der Waals surface area contributed by atoms with Gasteiger partial charge in [0.25, 0.3) is 11.8 Å². The Balaban J connectivity index is 1.66. The first-order valence-corrected chi connectivity index (χ1v) is 10.6. The highest BCUT2D eigenvalue weighted by atomic mass is 16.2. The smallest absolute Gasteiger partial charge is 0.264 e. The molecule has 0 saturated heterocycles. The first-order valence-electron chi connectivity index (χ1n) is 10.6. The maximum atomic E-state index is 12.9. The van der Waals surface area contributed by atoms with Crippen molar-refractivity contribution in [3.63, 3.8) is 0 Å². The number of hydrogen-bond acceptors (Lipinski definition) is 4. The fourth-order valence-electron chi connectivity index (χ4n) is 4.13. The minimum absolute atomic E-state index is 0.0295. The van der Waals surface area contributed by atoms with Crippen molar-refractivity contribution in [2.45, 2.75) is 45.1 Å². The second-order valence-corrected chi connectivity index (χ2v) is 7.92. The highest BCUT2D eigenvalue weighted by molar-refractivity contribution is 6.20. The highest BCUT2D eigenvalue weighted by Gasteiger charge is 2.28. The molecular weight excluding hydrogens is 388 g/mol. The Morgan fingerprint density at radius 3 is 2.39 bits per heavy atom. The van der Waals surface area contributed by atoms with Crippen LogP contribution in [0.1, 0.15) is 59.2 Å². The largest absolute Gasteiger partial charge is 0.349 e. The Kier molecular flexibility index (Phi) is 5.94. The van der Waals surface area contributed by atoms with Crippen LogP contribution in [0.15, 0.2) is 59.1 Å². The Bertz CT molecular complexity index is 1130. The van der Waals surface area contributed by atoms with E-state index in [4.69, 9.17) is 0 Å². The van der Waals surface area contributed by atoms with Gasteiger partial charge in [0.1, 0.15) is 17.5 Å². The lowest BCUT2D eigenvalue weighted by Gasteiger charge is -2.22. The van der Waals surface area contributed by atoms with Gasteiger partial charge in [0.15, 0.2) is 0 Å². The summed E-state index contributed by atoms with van der Waals surface area (Å²) < 4.78 is 0. The summed E-state index contributed by atoms with van der Waals surface area (Å²) in [4.78, 5) is 30.2. The zero-order chi connectivity index (χ0) is 21.8. The second kappa shape index (κ2) is 8.97. The number of benzene rings is 2. The van der Waals surface area contributed by atoms with Crippen LogP contribution in [0.5, 0.6) is 0 Å². The molecule has 1 aliphatic heterocycles. The summed E-state index contributed by atoms with van der Waals surface area (Å²) in [5, 5.41) is 15.6. The average molecular weight is 412 g/mol. The van der Waals surface area contributed by atoms with Crippen LogP contribution >= 0.6 is 0 Å². The van der Waals surface area contributed by atoms with Gasteiger partial charge >= 0.3 is 0 Å². The molecule has 1 aliphatic carbocycles. The van der Waals surface area contributed by atoms with Gasteiger partial charge in [-0.25, -0.2) is 4.99 Å². The molecule has 4 rings (SSSR count). The summed E-state index contributed by atoms with van der Waals surface area (Å²) in [6, 6.07) is 16.7. The first-order chi connectivity index (χ1) is 15.1. The van der Waals surface area contributed by atoms with Crippen molar-refractivity contribution in [3.8, 4) is 6.07 Å². The third-order valence-corrected chi connectivity index (χ3v) is 5.80. The molecule has 156 valence electrons. The van der Waals surface area contributed by atoms with Gasteiger partial charge < -0.3 is 10.6 Å². The molecule has 2 amide bonds. The van der Waals surface area contributed by atoms with Gasteiger partial charge in [-0.15, -0.1) is 0 Å². The quantitative estimate of drug-likeness (QED) is 0.592. The van der Waals surface area contributed by atoms with Crippen LogP contribution < -0.4 is 10.6 Å². The molecule has 0 bridgehead atoms. The second-order valence-electron chi connectivity index (χ2n) is 7.92. The van der Waals surface area contributed by atoms with E-state index in [-0.39, 0.29) is 17.5 Å². The SMILES string of the molecule is Cc1ccccc1C(=O)NC1=NC(=C(C#N)C(=O)NC2CCCCC2)c2ccccc21. The van der Waals surface area contributed by atoms with E-state index in [0.717, 1.165) is 31.2 Å². The molecule has 2 N–H and O–H groups in total. The van der Waals surface area contributed by atoms with Crippen LogP contribution in [0.25, 0.3) is 5.70 Å². The summed E-state index contributed by atoms with van der Waals surface area (Å²) >= 11 is 0. The third kappa shape index (κ3) is 4.26. The van der Waals surface area contributed by atoms with E-state index in [1.54, 1.807) is 12.1 Å². The third-order valence-electron chi connectivity index (χ3n) is 5.80. The van der Waals surface area contributed by atoms with Crippen LogP contribution in [0.3, 0.4) is 0 Å². The van der Waals surface area contributed by atoms with Crippen molar-refractivity contribution < 1.29 is 9.59 Å². The van der Waals surface area contributed by atoms with E-state index in [1.165, 1.54) is 6.42 Å². The summed E-state index contributed by atoms with van der Waals surface area (Å²) in [5.74, 6) is -0.343. The molecule has 6 heteroatoms. The van der Waals surface area contributed by atoms with Crippen molar-refractivity contribution in [1.82, 2.24) is 10.6 Å². The Hall–Kier alpha value is -3.72. The lowest BCUT2D eigenvalue weighted by Crippen LogP contribution is -2.37. The fraction of sp³-hybridized carbons (Fsp3) is 0.280. The minimum Gasteiger partial charge on any atom is -0.349 e. The topological polar surface area (TPSA) is 94.3 Å². The van der Waals surface area contributed by atoms with Gasteiger partial charge in [0.05, 0.1) is 5.70 Å². The van der Waals surface area contributed by atoms with Crippen LogP contribution in [0.4, 0.5) is 0 Å². The predicted molar refractivity (Wildman–Crippen MR) is 119 cm³/mol. The summed E-state index contributed by atoms with van der Waals surface area (Å²) in [7, 11) is 0. The van der Waals surface area contributed by atoms with Crippen molar-refractivity contribution in [1.29, 1.82) is 5.26 Å². The number of amidine groups is 1. The van der Waals surface area contributed by atoms with Gasteiger partial charge in [0, 0.05) is 22.7 Å². The zero-order valence-corrected chi connectivity index (χ0v) is 17.4. The molecule has 0 unspecified atom stereocenters. The molecule has 0 radical (unpaired) electrons. The summed E-state index contributed by atoms with van der Waals surface area (Å²) in [6.07, 6.45) is 5.20. The maximum absolute atomic E-state index is 12.9. The number of rotatable bonds is 3. The van der Waals surface area contributed by atoms with Crippen LogP contribution in [0.2, 0.25) is 0 Å². The molecule has 2 aromatic carbocycles. The van der Waals surface area contributed by atoms with E-state index in [9.17, 15) is 14.9 Å². The number of nitrogens with one attached hydrogen (secondary N) is 2. The van der Waals surface area contributed by atoms with Gasteiger partial charge in [-0.2, -0.15) is 5.26 Å². The number of carbonyl (C=O) groups is 2. The van der Waals surface area contributed by atoms with Crippen LogP contribution in [-0.4, -0.2) is 23.7 Å². The molecule has 0 spiro atoms. The van der Waals surface area contributed by atoms with E-state index >= 15 is 0 Å². The van der Waals surface area contributed by atoms with Gasteiger partial charge in [0.2, 0.25) is 0 Å². The number of nitrogens with zero attached hydrogens (tertiary/aromatic N) is 2. The number of carbonyl (C=O) groups excluding carboxylic acids is 2. The lowest BCUT2D eigenvalue weighted by atomic mass is 9.95. The number of aliphatic imine (C=N–C) groups is 1. The fourth-order valence-corrected chi connectivity index (χ4v) is 4.13. The molecule has 31 heavy (non-hydrogen) atoms. The monoisotopic (exact) mass is 412 g/mol. The average Bonchev–Trinajstić information content (AvgIpc) is 3.13. The molecule has 6 nitrogen and oxygen atoms in total. The maximum Gasteiger partial charge on any atom is 0.264 e. The molecule has 2 aromatic rings. The molecule has 2 aliphatic rings. The van der Waals surface area contributed by atoms with Gasteiger partial charge in [-0.05, 0) is 31.4 Å². The lowest BCUT2D eigenvalue weighted by molar-refractivity contribution is -0.117. The van der Waals surface area contributed by atoms with Crippen LogP contribution in [0, 0.1) is 18.3 Å². The van der Waals surface area contributed by atoms with E-state index in [2.05, 4.69) is 15.6 Å². The van der Waals surface area contributed by atoms with Crippen molar-refractivity contribution in [2.75, 3.05) is 0 Å². The molecule has 1 saturated carbocycles. The summed E-state index contributed by atoms with van der Waals surface area (Å²) in [5.41, 5.74) is 3.03. The van der Waals surface area contributed by atoms with Crippen molar-refractivity contribution >= 4 is 23.3 Å². The standard InChI is InChI=1S/C25H24N4O2/c1-16-9-5-6-12-18(16)24(30)29-23-20-14-8-7-13-19(20)22(28-23)21(15-26)25(31)27-17-10-3-2-4-11-17/h5-9,12-14,17H,2-4,10-11H2,1H3,(H,27,31)(H,28,29,30). The predicted octanol–water partition coefficient (Wildman–Crippen LogP) is 3.87. The van der Waals surface area contributed by atoms with Crippen LogP contribution in [-0.2, 0) is 4.79 Å². The Morgan fingerprint density at radius 2 is 1.68 bits per heavy atom. The molecule has 1 heterocycles. The van der Waals surface area contributed by atoms with Crippen molar-refractivity contribution in [2.24, 2.45) is 4.99 Å². The van der Waals surface area contributed by atoms with Gasteiger partial charge in [-0.1, -0.05) is 61.7 Å². The highest BCUT2D eigenvalue weighted by Crippen LogP contribution is 2.31. The number of fused-ring (bicyclic) bond motifs is 1. The Morgan fingerprint density at radius 1 is 1.00 bits per heavy atom. The molecule has 0 aromatic heterocycles. The van der Waals surface area contributed by atoms with E-state index < -0.39 is 5.91 Å². The normalized spacial score (nSPS) is 17.2. The number of aryl methyl sites for hydroxylation is 1. The molecule has 1 fully saturated rings. The zero-order valence-electron chi connectivity index (χ0n) is 17.4. The summed E-state index contributed by atoms with van der Waals surface area (Å²) in [6.45, 7) is 1.87. The first kappa shape index (κ1) is 20.5.